The molecule has 0 aliphatic heterocycles. The molecule has 0 spiro atoms. The minimum Gasteiger partial charge on any atom is -0.481 e. The second-order valence-electron chi connectivity index (χ2n) is 5.27. The first kappa shape index (κ1) is 14.8. The summed E-state index contributed by atoms with van der Waals surface area (Å²) in [7, 11) is 0. The second kappa shape index (κ2) is 5.56. The normalized spacial score (nSPS) is 11.0. The van der Waals surface area contributed by atoms with Gasteiger partial charge in [-0.2, -0.15) is 4.52 Å². The number of anilines is 1. The average molecular weight is 313 g/mol. The predicted molar refractivity (Wildman–Crippen MR) is 83.3 cm³/mol. The van der Waals surface area contributed by atoms with Gasteiger partial charge in [0, 0.05) is 23.4 Å². The standard InChI is InChI=1S/C15H15N5O3/c1-8-10(7-13(21)22)14-18-17-12(15(23)20(14)19-8)6-9-4-2-3-5-11(9)16/h2-5,19H,6-7,16H2,1H3,(H,21,22). The van der Waals surface area contributed by atoms with Gasteiger partial charge in [0.25, 0.3) is 5.56 Å². The van der Waals surface area contributed by atoms with Gasteiger partial charge in [0.15, 0.2) is 5.65 Å². The maximum absolute atomic E-state index is 12.5. The number of aliphatic carboxylic acids is 1. The molecule has 0 fully saturated rings. The molecule has 0 amide bonds. The number of aromatic nitrogens is 4. The lowest BCUT2D eigenvalue weighted by atomic mass is 10.1. The summed E-state index contributed by atoms with van der Waals surface area (Å²) in [6.45, 7) is 1.70. The van der Waals surface area contributed by atoms with Crippen LogP contribution in [0.2, 0.25) is 0 Å². The Hall–Kier alpha value is -3.16. The molecule has 8 nitrogen and oxygen atoms in total. The van der Waals surface area contributed by atoms with Crippen LogP contribution < -0.4 is 11.3 Å². The Morgan fingerprint density at radius 1 is 1.35 bits per heavy atom. The van der Waals surface area contributed by atoms with E-state index in [9.17, 15) is 9.59 Å². The van der Waals surface area contributed by atoms with Crippen molar-refractivity contribution in [1.29, 1.82) is 0 Å². The van der Waals surface area contributed by atoms with Crippen LogP contribution in [0.25, 0.3) is 5.65 Å². The zero-order chi connectivity index (χ0) is 16.6. The third kappa shape index (κ3) is 2.66. The third-order valence-corrected chi connectivity index (χ3v) is 3.67. The SMILES string of the molecule is Cc1[nH]n2c(=O)c(Cc3ccccc3N)nnc2c1CC(=O)O. The Bertz CT molecular complexity index is 957. The van der Waals surface area contributed by atoms with Crippen molar-refractivity contribution < 1.29 is 9.90 Å². The molecular formula is C15H15N5O3. The molecule has 2 aromatic heterocycles. The minimum absolute atomic E-state index is 0.224. The fraction of sp³-hybridized carbons (Fsp3) is 0.200. The summed E-state index contributed by atoms with van der Waals surface area (Å²) in [5, 5.41) is 19.8. The number of carbonyl (C=O) groups is 1. The van der Waals surface area contributed by atoms with Crippen LogP contribution in [0.4, 0.5) is 5.69 Å². The van der Waals surface area contributed by atoms with E-state index < -0.39 is 5.97 Å². The molecule has 23 heavy (non-hydrogen) atoms. The number of hydrogen-bond donors (Lipinski definition) is 3. The van der Waals surface area contributed by atoms with Crippen LogP contribution in [-0.4, -0.2) is 30.9 Å². The largest absolute Gasteiger partial charge is 0.481 e. The summed E-state index contributed by atoms with van der Waals surface area (Å²) in [6, 6.07) is 7.22. The lowest BCUT2D eigenvalue weighted by molar-refractivity contribution is -0.136. The smallest absolute Gasteiger partial charge is 0.308 e. The van der Waals surface area contributed by atoms with Gasteiger partial charge in [0.05, 0.1) is 6.42 Å². The van der Waals surface area contributed by atoms with Crippen molar-refractivity contribution in [2.45, 2.75) is 19.8 Å². The molecule has 0 bridgehead atoms. The molecule has 2 heterocycles. The number of carboxylic acid groups (broad SMARTS) is 1. The lowest BCUT2D eigenvalue weighted by Crippen LogP contribution is -2.22. The number of aryl methyl sites for hydroxylation is 1. The highest BCUT2D eigenvalue weighted by molar-refractivity contribution is 5.73. The number of nitrogen functional groups attached to an aromatic ring is 1. The minimum atomic E-state index is -0.995. The van der Waals surface area contributed by atoms with E-state index in [2.05, 4.69) is 15.3 Å². The summed E-state index contributed by atoms with van der Waals surface area (Å²) in [5.74, 6) is -0.995. The fourth-order valence-corrected chi connectivity index (χ4v) is 2.47. The fourth-order valence-electron chi connectivity index (χ4n) is 2.47. The first-order chi connectivity index (χ1) is 11.0. The number of hydrogen-bond acceptors (Lipinski definition) is 5. The molecule has 118 valence electrons. The first-order valence-electron chi connectivity index (χ1n) is 6.98. The molecule has 0 aliphatic rings. The van der Waals surface area contributed by atoms with E-state index in [1.54, 1.807) is 13.0 Å². The highest BCUT2D eigenvalue weighted by Crippen LogP contribution is 2.15. The molecule has 4 N–H and O–H groups in total. The Morgan fingerprint density at radius 2 is 2.09 bits per heavy atom. The van der Waals surface area contributed by atoms with Crippen LogP contribution in [-0.2, 0) is 17.6 Å². The van der Waals surface area contributed by atoms with Gasteiger partial charge in [0.1, 0.15) is 5.69 Å². The van der Waals surface area contributed by atoms with Crippen LogP contribution >= 0.6 is 0 Å². The van der Waals surface area contributed by atoms with E-state index in [1.165, 1.54) is 4.52 Å². The van der Waals surface area contributed by atoms with E-state index in [0.717, 1.165) is 5.56 Å². The molecule has 0 unspecified atom stereocenters. The van der Waals surface area contributed by atoms with Crippen molar-refractivity contribution in [3.8, 4) is 0 Å². The molecule has 1 aromatic carbocycles. The summed E-state index contributed by atoms with van der Waals surface area (Å²) >= 11 is 0. The van der Waals surface area contributed by atoms with Gasteiger partial charge in [-0.25, -0.2) is 0 Å². The topological polar surface area (TPSA) is 126 Å². The number of nitrogens with one attached hydrogen (secondary N) is 1. The van der Waals surface area contributed by atoms with Gasteiger partial charge in [-0.1, -0.05) is 18.2 Å². The third-order valence-electron chi connectivity index (χ3n) is 3.67. The number of benzene rings is 1. The van der Waals surface area contributed by atoms with Crippen molar-refractivity contribution in [3.63, 3.8) is 0 Å². The zero-order valence-corrected chi connectivity index (χ0v) is 12.4. The number of aromatic amines is 1. The summed E-state index contributed by atoms with van der Waals surface area (Å²) in [4.78, 5) is 23.5. The highest BCUT2D eigenvalue weighted by atomic mass is 16.4. The van der Waals surface area contributed by atoms with Crippen molar-refractivity contribution in [3.05, 3.63) is 57.1 Å². The molecule has 0 aliphatic carbocycles. The average Bonchev–Trinajstić information content (AvgIpc) is 2.81. The van der Waals surface area contributed by atoms with E-state index in [0.29, 0.717) is 16.9 Å². The van der Waals surface area contributed by atoms with Crippen molar-refractivity contribution in [2.75, 3.05) is 5.73 Å². The van der Waals surface area contributed by atoms with Crippen molar-refractivity contribution in [2.24, 2.45) is 0 Å². The van der Waals surface area contributed by atoms with E-state index >= 15 is 0 Å². The van der Waals surface area contributed by atoms with Crippen LogP contribution in [0.5, 0.6) is 0 Å². The Kier molecular flexibility index (Phi) is 3.57. The number of nitrogens with two attached hydrogens (primary N) is 1. The van der Waals surface area contributed by atoms with Crippen molar-refractivity contribution >= 4 is 17.3 Å². The van der Waals surface area contributed by atoms with Crippen LogP contribution in [0, 0.1) is 6.92 Å². The van der Waals surface area contributed by atoms with E-state index in [-0.39, 0.29) is 29.7 Å². The van der Waals surface area contributed by atoms with Gasteiger partial charge < -0.3 is 10.8 Å². The van der Waals surface area contributed by atoms with Gasteiger partial charge in [-0.3, -0.25) is 14.7 Å². The number of H-pyrrole nitrogens is 1. The van der Waals surface area contributed by atoms with E-state index in [4.69, 9.17) is 10.8 Å². The monoisotopic (exact) mass is 313 g/mol. The Balaban J connectivity index is 2.08. The van der Waals surface area contributed by atoms with Crippen LogP contribution in [0.3, 0.4) is 0 Å². The quantitative estimate of drug-likeness (QED) is 0.603. The molecule has 0 radical (unpaired) electrons. The second-order valence-corrected chi connectivity index (χ2v) is 5.27. The Morgan fingerprint density at radius 3 is 2.78 bits per heavy atom. The molecule has 8 heteroatoms. The summed E-state index contributed by atoms with van der Waals surface area (Å²) in [5.41, 5.74) is 8.39. The molecular weight excluding hydrogens is 298 g/mol. The summed E-state index contributed by atoms with van der Waals surface area (Å²) in [6.07, 6.45) is 0.0334. The van der Waals surface area contributed by atoms with E-state index in [1.807, 2.05) is 18.2 Å². The molecule has 3 aromatic rings. The number of rotatable bonds is 4. The van der Waals surface area contributed by atoms with Crippen LogP contribution in [0.15, 0.2) is 29.1 Å². The molecule has 0 saturated heterocycles. The zero-order valence-electron chi connectivity index (χ0n) is 12.4. The number of carboxylic acids is 1. The first-order valence-corrected chi connectivity index (χ1v) is 6.98. The molecule has 0 atom stereocenters. The number of nitrogens with zero attached hydrogens (tertiary/aromatic N) is 3. The summed E-state index contributed by atoms with van der Waals surface area (Å²) < 4.78 is 1.23. The van der Waals surface area contributed by atoms with Gasteiger partial charge in [0.2, 0.25) is 0 Å². The maximum Gasteiger partial charge on any atom is 0.308 e. The van der Waals surface area contributed by atoms with Gasteiger partial charge >= 0.3 is 5.97 Å². The van der Waals surface area contributed by atoms with Gasteiger partial charge in [-0.05, 0) is 18.6 Å². The van der Waals surface area contributed by atoms with Gasteiger partial charge in [-0.15, -0.1) is 10.2 Å². The van der Waals surface area contributed by atoms with Crippen LogP contribution in [0.1, 0.15) is 22.5 Å². The maximum atomic E-state index is 12.5. The predicted octanol–water partition coefficient (Wildman–Crippen LogP) is 0.526. The Labute approximate surface area is 130 Å². The highest BCUT2D eigenvalue weighted by Gasteiger charge is 2.17. The lowest BCUT2D eigenvalue weighted by Gasteiger charge is -2.04. The number of fused-ring (bicyclic) bond motifs is 1. The number of para-hydroxylation sites is 1. The molecule has 0 saturated carbocycles. The molecule has 3 rings (SSSR count). The van der Waals surface area contributed by atoms with Crippen molar-refractivity contribution in [1.82, 2.24) is 19.8 Å².